The molecule has 0 aromatic heterocycles. The molecule has 0 saturated heterocycles. The average molecular weight is 458 g/mol. The van der Waals surface area contributed by atoms with Crippen molar-refractivity contribution in [1.82, 2.24) is 0 Å². The zero-order valence-corrected chi connectivity index (χ0v) is 22.7. The van der Waals surface area contributed by atoms with Gasteiger partial charge >= 0.3 is 0 Å². The molecule has 4 heteroatoms. The third kappa shape index (κ3) is 3.70. The SMILES string of the molecule is C=CO[C@H]1C[C@@]2(C)[C@@H](CC[C@@H]3[C@@H]2CC[C@]2(C)[C@@H](C#N)CC[C@@H]32)CC1O[Si](C)(C)C(C)(C)C. The second kappa shape index (κ2) is 8.16. The summed E-state index contributed by atoms with van der Waals surface area (Å²) in [5, 5.41) is 10.00. The smallest absolute Gasteiger partial charge is 0.192 e. The molecule has 0 aromatic rings. The third-order valence-electron chi connectivity index (χ3n) is 11.3. The first-order valence-corrected chi connectivity index (χ1v) is 16.1. The van der Waals surface area contributed by atoms with Crippen LogP contribution in [-0.4, -0.2) is 20.5 Å². The molecule has 32 heavy (non-hydrogen) atoms. The molecule has 0 spiro atoms. The summed E-state index contributed by atoms with van der Waals surface area (Å²) in [6.45, 7) is 20.7. The minimum atomic E-state index is -1.86. The van der Waals surface area contributed by atoms with E-state index in [1.807, 2.05) is 0 Å². The highest BCUT2D eigenvalue weighted by Crippen LogP contribution is 2.67. The number of nitriles is 1. The predicted molar refractivity (Wildman–Crippen MR) is 133 cm³/mol. The van der Waals surface area contributed by atoms with Crippen LogP contribution in [0.2, 0.25) is 18.1 Å². The van der Waals surface area contributed by atoms with Crippen molar-refractivity contribution in [2.45, 2.75) is 116 Å². The van der Waals surface area contributed by atoms with Crippen molar-refractivity contribution in [3.63, 3.8) is 0 Å². The van der Waals surface area contributed by atoms with Gasteiger partial charge < -0.3 is 9.16 Å². The molecular formula is C28H47NO2Si. The first-order valence-electron chi connectivity index (χ1n) is 13.2. The lowest BCUT2D eigenvalue weighted by atomic mass is 9.44. The fraction of sp³-hybridized carbons (Fsp3) is 0.893. The summed E-state index contributed by atoms with van der Waals surface area (Å²) >= 11 is 0. The van der Waals surface area contributed by atoms with Crippen LogP contribution in [0.5, 0.6) is 0 Å². The maximum absolute atomic E-state index is 9.79. The van der Waals surface area contributed by atoms with Gasteiger partial charge in [-0.25, -0.2) is 0 Å². The Hall–Kier alpha value is -0.793. The van der Waals surface area contributed by atoms with Gasteiger partial charge in [-0.05, 0) is 104 Å². The number of ether oxygens (including phenoxy) is 1. The molecule has 4 fully saturated rings. The molecule has 4 rings (SSSR count). The van der Waals surface area contributed by atoms with E-state index in [2.05, 4.69) is 60.4 Å². The van der Waals surface area contributed by atoms with Crippen LogP contribution in [0.1, 0.15) is 86.0 Å². The Morgan fingerprint density at radius 1 is 1.00 bits per heavy atom. The Labute approximate surface area is 198 Å². The van der Waals surface area contributed by atoms with Crippen molar-refractivity contribution in [1.29, 1.82) is 5.26 Å². The van der Waals surface area contributed by atoms with E-state index >= 15 is 0 Å². The van der Waals surface area contributed by atoms with Crippen LogP contribution in [0.4, 0.5) is 0 Å². The van der Waals surface area contributed by atoms with Crippen LogP contribution in [-0.2, 0) is 9.16 Å². The Morgan fingerprint density at radius 2 is 1.69 bits per heavy atom. The standard InChI is InChI=1S/C28H47NO2Si/c1-9-30-25-17-28(6)19(16-24(25)31-32(7,8)26(2,3)4)10-12-21-22-13-11-20(18-29)27(22,5)15-14-23(21)28/h9,19-25H,1,10-17H2,2-8H3/t19-,20+,21-,22-,23-,24?,25-,27+,28-/m0/s1. The van der Waals surface area contributed by atoms with E-state index in [9.17, 15) is 5.26 Å². The van der Waals surface area contributed by atoms with Gasteiger partial charge in [0.2, 0.25) is 0 Å². The zero-order valence-electron chi connectivity index (χ0n) is 21.7. The highest BCUT2D eigenvalue weighted by Gasteiger charge is 2.62. The highest BCUT2D eigenvalue weighted by molar-refractivity contribution is 6.74. The molecule has 0 heterocycles. The van der Waals surface area contributed by atoms with Gasteiger partial charge in [-0.3, -0.25) is 0 Å². The lowest BCUT2D eigenvalue weighted by molar-refractivity contribution is -0.156. The second-order valence-electron chi connectivity index (χ2n) is 13.7. The summed E-state index contributed by atoms with van der Waals surface area (Å²) in [6.07, 6.45) is 11.8. The second-order valence-corrected chi connectivity index (χ2v) is 18.4. The maximum atomic E-state index is 9.79. The van der Waals surface area contributed by atoms with Gasteiger partial charge in [0.1, 0.15) is 6.10 Å². The van der Waals surface area contributed by atoms with Gasteiger partial charge in [0.15, 0.2) is 8.32 Å². The van der Waals surface area contributed by atoms with E-state index in [4.69, 9.17) is 9.16 Å². The summed E-state index contributed by atoms with van der Waals surface area (Å²) in [5.41, 5.74) is 0.564. The van der Waals surface area contributed by atoms with Crippen LogP contribution in [0.3, 0.4) is 0 Å². The molecule has 180 valence electrons. The van der Waals surface area contributed by atoms with Crippen molar-refractivity contribution in [3.05, 3.63) is 12.8 Å². The van der Waals surface area contributed by atoms with Crippen LogP contribution in [0, 0.1) is 51.8 Å². The molecule has 3 nitrogen and oxygen atoms in total. The van der Waals surface area contributed by atoms with Gasteiger partial charge in [0.25, 0.3) is 0 Å². The topological polar surface area (TPSA) is 42.2 Å². The third-order valence-corrected chi connectivity index (χ3v) is 15.8. The van der Waals surface area contributed by atoms with Crippen molar-refractivity contribution in [2.24, 2.45) is 40.4 Å². The van der Waals surface area contributed by atoms with E-state index in [-0.39, 0.29) is 28.6 Å². The molecular weight excluding hydrogens is 410 g/mol. The first kappa shape index (κ1) is 24.3. The van der Waals surface area contributed by atoms with Gasteiger partial charge in [0, 0.05) is 0 Å². The van der Waals surface area contributed by atoms with Crippen LogP contribution >= 0.6 is 0 Å². The molecule has 4 aliphatic rings. The molecule has 1 unspecified atom stereocenters. The molecule has 0 aliphatic heterocycles. The lowest BCUT2D eigenvalue weighted by Crippen LogP contribution is -2.58. The van der Waals surface area contributed by atoms with Gasteiger partial charge in [-0.15, -0.1) is 0 Å². The molecule has 0 aromatic carbocycles. The number of fused-ring (bicyclic) bond motifs is 5. The average Bonchev–Trinajstić information content (AvgIpc) is 3.04. The first-order chi connectivity index (χ1) is 14.9. The lowest BCUT2D eigenvalue weighted by Gasteiger charge is -2.62. The highest BCUT2D eigenvalue weighted by atomic mass is 28.4. The molecule has 0 bridgehead atoms. The Morgan fingerprint density at radius 3 is 2.31 bits per heavy atom. The Balaban J connectivity index is 1.58. The quantitative estimate of drug-likeness (QED) is 0.321. The van der Waals surface area contributed by atoms with Crippen molar-refractivity contribution in [3.8, 4) is 6.07 Å². The molecule has 0 radical (unpaired) electrons. The Bertz CT molecular complexity index is 766. The van der Waals surface area contributed by atoms with E-state index < -0.39 is 8.32 Å². The molecule has 0 N–H and O–H groups in total. The van der Waals surface area contributed by atoms with Crippen LogP contribution in [0.15, 0.2) is 12.8 Å². The van der Waals surface area contributed by atoms with Gasteiger partial charge in [0.05, 0.1) is 24.4 Å². The zero-order chi connectivity index (χ0) is 23.5. The van der Waals surface area contributed by atoms with E-state index in [0.717, 1.165) is 42.9 Å². The molecule has 9 atom stereocenters. The molecule has 4 aliphatic carbocycles. The molecule has 4 saturated carbocycles. The minimum Gasteiger partial charge on any atom is -0.496 e. The largest absolute Gasteiger partial charge is 0.496 e. The van der Waals surface area contributed by atoms with Crippen molar-refractivity contribution in [2.75, 3.05) is 0 Å². The van der Waals surface area contributed by atoms with E-state index in [1.165, 1.54) is 32.1 Å². The Kier molecular flexibility index (Phi) is 6.20. The van der Waals surface area contributed by atoms with Crippen LogP contribution < -0.4 is 0 Å². The van der Waals surface area contributed by atoms with Gasteiger partial charge in [-0.2, -0.15) is 5.26 Å². The van der Waals surface area contributed by atoms with Crippen LogP contribution in [0.25, 0.3) is 0 Å². The number of rotatable bonds is 4. The monoisotopic (exact) mass is 457 g/mol. The van der Waals surface area contributed by atoms with Gasteiger partial charge in [-0.1, -0.05) is 41.2 Å². The fourth-order valence-corrected chi connectivity index (χ4v) is 9.75. The number of hydrogen-bond donors (Lipinski definition) is 0. The minimum absolute atomic E-state index is 0.116. The number of nitrogens with zero attached hydrogens (tertiary/aromatic N) is 1. The summed E-state index contributed by atoms with van der Waals surface area (Å²) in [5.74, 6) is 3.28. The fourth-order valence-electron chi connectivity index (χ4n) is 8.39. The van der Waals surface area contributed by atoms with Crippen molar-refractivity contribution < 1.29 is 9.16 Å². The number of hydrogen-bond acceptors (Lipinski definition) is 3. The summed E-state index contributed by atoms with van der Waals surface area (Å²) in [7, 11) is -1.86. The van der Waals surface area contributed by atoms with E-state index in [1.54, 1.807) is 6.26 Å². The predicted octanol–water partition coefficient (Wildman–Crippen LogP) is 7.70. The van der Waals surface area contributed by atoms with E-state index in [0.29, 0.717) is 5.41 Å². The summed E-state index contributed by atoms with van der Waals surface area (Å²) < 4.78 is 13.2. The summed E-state index contributed by atoms with van der Waals surface area (Å²) in [6, 6.07) is 2.68. The summed E-state index contributed by atoms with van der Waals surface area (Å²) in [4.78, 5) is 0. The molecule has 0 amide bonds. The maximum Gasteiger partial charge on any atom is 0.192 e. The normalized spacial score (nSPS) is 46.4. The van der Waals surface area contributed by atoms with Crippen molar-refractivity contribution >= 4 is 8.32 Å².